The number of benzene rings is 1. The molecule has 2 aromatic heterocycles. The second kappa shape index (κ2) is 8.93. The second-order valence-electron chi connectivity index (χ2n) is 7.22. The number of anilines is 5. The Kier molecular flexibility index (Phi) is 6.11. The zero-order valence-corrected chi connectivity index (χ0v) is 18.4. The van der Waals surface area contributed by atoms with Crippen molar-refractivity contribution in [1.29, 1.82) is 0 Å². The number of halogens is 2. The molecule has 0 unspecified atom stereocenters. The molecule has 156 valence electrons. The van der Waals surface area contributed by atoms with Crippen LogP contribution in [0.5, 0.6) is 0 Å². The van der Waals surface area contributed by atoms with Crippen LogP contribution in [0.2, 0.25) is 10.0 Å². The predicted octanol–water partition coefficient (Wildman–Crippen LogP) is 4.31. The van der Waals surface area contributed by atoms with E-state index < -0.39 is 0 Å². The van der Waals surface area contributed by atoms with Gasteiger partial charge in [0, 0.05) is 57.6 Å². The van der Waals surface area contributed by atoms with Crippen LogP contribution in [-0.4, -0.2) is 55.2 Å². The lowest BCUT2D eigenvalue weighted by Gasteiger charge is -2.35. The Morgan fingerprint density at radius 2 is 1.70 bits per heavy atom. The molecule has 1 aliphatic rings. The quantitative estimate of drug-likeness (QED) is 0.629. The van der Waals surface area contributed by atoms with Gasteiger partial charge in [-0.1, -0.05) is 29.3 Å². The molecular weight excluding hydrogens is 421 g/mol. The molecule has 1 aromatic carbocycles. The topological polar surface area (TPSA) is 60.4 Å². The first-order valence-electron chi connectivity index (χ1n) is 9.69. The number of piperazine rings is 1. The Hall–Kier alpha value is -2.77. The molecule has 0 saturated carbocycles. The summed E-state index contributed by atoms with van der Waals surface area (Å²) in [5.41, 5.74) is 0.707. The number of hydrogen-bond acceptors (Lipinski definition) is 7. The standard InChI is InChI=1S/C21H23Cl2N7/c1-28(2)20-14-18(25-17-13-15(22)6-7-16(17)23)26-21(27-20)30-11-9-29(10-12-30)19-5-3-4-8-24-19/h3-8,13-14H,9-12H2,1-2H3,(H,25,26,27). The first-order valence-corrected chi connectivity index (χ1v) is 10.4. The third kappa shape index (κ3) is 4.68. The van der Waals surface area contributed by atoms with Gasteiger partial charge in [-0.15, -0.1) is 0 Å². The van der Waals surface area contributed by atoms with Crippen LogP contribution in [0.25, 0.3) is 0 Å². The second-order valence-corrected chi connectivity index (χ2v) is 8.06. The summed E-state index contributed by atoms with van der Waals surface area (Å²) in [6, 6.07) is 13.2. The number of aromatic nitrogens is 3. The first kappa shape index (κ1) is 20.5. The van der Waals surface area contributed by atoms with Crippen LogP contribution in [0.4, 0.5) is 29.1 Å². The minimum absolute atomic E-state index is 0.579. The van der Waals surface area contributed by atoms with Crippen molar-refractivity contribution < 1.29 is 0 Å². The van der Waals surface area contributed by atoms with Crippen LogP contribution >= 0.6 is 23.2 Å². The average molecular weight is 444 g/mol. The first-order chi connectivity index (χ1) is 14.5. The van der Waals surface area contributed by atoms with Crippen molar-refractivity contribution >= 4 is 52.3 Å². The van der Waals surface area contributed by atoms with E-state index in [2.05, 4.69) is 20.1 Å². The molecule has 1 fully saturated rings. The number of hydrogen-bond donors (Lipinski definition) is 1. The minimum Gasteiger partial charge on any atom is -0.363 e. The Morgan fingerprint density at radius 1 is 0.933 bits per heavy atom. The van der Waals surface area contributed by atoms with Crippen molar-refractivity contribution in [2.75, 3.05) is 60.3 Å². The zero-order valence-electron chi connectivity index (χ0n) is 16.9. The summed E-state index contributed by atoms with van der Waals surface area (Å²) >= 11 is 12.4. The molecule has 0 radical (unpaired) electrons. The van der Waals surface area contributed by atoms with Gasteiger partial charge >= 0.3 is 0 Å². The molecule has 1 N–H and O–H groups in total. The number of nitrogens with zero attached hydrogens (tertiary/aromatic N) is 6. The highest BCUT2D eigenvalue weighted by molar-refractivity contribution is 6.35. The van der Waals surface area contributed by atoms with E-state index >= 15 is 0 Å². The molecule has 4 rings (SSSR count). The van der Waals surface area contributed by atoms with Crippen LogP contribution in [0, 0.1) is 0 Å². The van der Waals surface area contributed by atoms with Gasteiger partial charge in [0.2, 0.25) is 5.95 Å². The lowest BCUT2D eigenvalue weighted by atomic mass is 10.3. The van der Waals surface area contributed by atoms with E-state index in [1.54, 1.807) is 18.2 Å². The Labute approximate surface area is 186 Å². The highest BCUT2D eigenvalue weighted by Crippen LogP contribution is 2.30. The largest absolute Gasteiger partial charge is 0.363 e. The molecular formula is C21H23Cl2N7. The van der Waals surface area contributed by atoms with Gasteiger partial charge in [0.1, 0.15) is 17.5 Å². The molecule has 0 atom stereocenters. The predicted molar refractivity (Wildman–Crippen MR) is 125 cm³/mol. The van der Waals surface area contributed by atoms with Crippen LogP contribution in [0.3, 0.4) is 0 Å². The van der Waals surface area contributed by atoms with Crippen LogP contribution in [0.15, 0.2) is 48.7 Å². The lowest BCUT2D eigenvalue weighted by Crippen LogP contribution is -2.47. The molecule has 0 spiro atoms. The van der Waals surface area contributed by atoms with E-state index in [-0.39, 0.29) is 0 Å². The Balaban J connectivity index is 1.55. The summed E-state index contributed by atoms with van der Waals surface area (Å²) in [5.74, 6) is 3.16. The van der Waals surface area contributed by atoms with Gasteiger partial charge in [0.05, 0.1) is 10.7 Å². The van der Waals surface area contributed by atoms with Crippen LogP contribution < -0.4 is 20.0 Å². The van der Waals surface area contributed by atoms with E-state index in [0.29, 0.717) is 27.5 Å². The maximum absolute atomic E-state index is 6.31. The summed E-state index contributed by atoms with van der Waals surface area (Å²) in [7, 11) is 3.92. The number of rotatable bonds is 5. The van der Waals surface area contributed by atoms with Gasteiger partial charge in [-0.25, -0.2) is 4.98 Å². The molecule has 30 heavy (non-hydrogen) atoms. The fraction of sp³-hybridized carbons (Fsp3) is 0.286. The van der Waals surface area contributed by atoms with E-state index in [1.165, 1.54) is 0 Å². The van der Waals surface area contributed by atoms with Crippen molar-refractivity contribution in [3.8, 4) is 0 Å². The zero-order chi connectivity index (χ0) is 21.1. The molecule has 7 nitrogen and oxygen atoms in total. The molecule has 0 bridgehead atoms. The summed E-state index contributed by atoms with van der Waals surface area (Å²) in [6.45, 7) is 3.33. The van der Waals surface area contributed by atoms with Crippen molar-refractivity contribution in [3.63, 3.8) is 0 Å². The molecule has 3 heterocycles. The minimum atomic E-state index is 0.579. The summed E-state index contributed by atoms with van der Waals surface area (Å²) in [6.07, 6.45) is 1.82. The SMILES string of the molecule is CN(C)c1cc(Nc2cc(Cl)ccc2Cl)nc(N2CCN(c3ccccn3)CC2)n1. The lowest BCUT2D eigenvalue weighted by molar-refractivity contribution is 0.635. The normalized spacial score (nSPS) is 14.0. The van der Waals surface area contributed by atoms with Crippen LogP contribution in [0.1, 0.15) is 0 Å². The van der Waals surface area contributed by atoms with Crippen molar-refractivity contribution in [3.05, 3.63) is 58.7 Å². The highest BCUT2D eigenvalue weighted by atomic mass is 35.5. The van der Waals surface area contributed by atoms with Gasteiger partial charge in [0.15, 0.2) is 0 Å². The molecule has 1 saturated heterocycles. The third-order valence-electron chi connectivity index (χ3n) is 4.89. The third-order valence-corrected chi connectivity index (χ3v) is 5.45. The van der Waals surface area contributed by atoms with E-state index in [4.69, 9.17) is 33.2 Å². The fourth-order valence-electron chi connectivity index (χ4n) is 3.26. The number of pyridine rings is 1. The molecule has 1 aliphatic heterocycles. The summed E-state index contributed by atoms with van der Waals surface area (Å²) < 4.78 is 0. The van der Waals surface area contributed by atoms with Crippen LogP contribution in [-0.2, 0) is 0 Å². The summed E-state index contributed by atoms with van der Waals surface area (Å²) in [4.78, 5) is 20.4. The Bertz CT molecular complexity index is 1010. The highest BCUT2D eigenvalue weighted by Gasteiger charge is 2.21. The van der Waals surface area contributed by atoms with Crippen molar-refractivity contribution in [2.24, 2.45) is 0 Å². The van der Waals surface area contributed by atoms with E-state index in [1.807, 2.05) is 49.5 Å². The molecule has 9 heteroatoms. The van der Waals surface area contributed by atoms with Gasteiger partial charge in [0.25, 0.3) is 0 Å². The van der Waals surface area contributed by atoms with Gasteiger partial charge in [-0.3, -0.25) is 0 Å². The van der Waals surface area contributed by atoms with Crippen molar-refractivity contribution in [1.82, 2.24) is 15.0 Å². The van der Waals surface area contributed by atoms with E-state index in [0.717, 1.165) is 37.8 Å². The fourth-order valence-corrected chi connectivity index (χ4v) is 3.60. The smallest absolute Gasteiger partial charge is 0.229 e. The molecule has 0 amide bonds. The molecule has 3 aromatic rings. The number of nitrogens with one attached hydrogen (secondary N) is 1. The van der Waals surface area contributed by atoms with Gasteiger partial charge < -0.3 is 20.0 Å². The summed E-state index contributed by atoms with van der Waals surface area (Å²) in [5, 5.41) is 4.47. The van der Waals surface area contributed by atoms with Gasteiger partial charge in [-0.2, -0.15) is 9.97 Å². The van der Waals surface area contributed by atoms with E-state index in [9.17, 15) is 0 Å². The molecule has 0 aliphatic carbocycles. The monoisotopic (exact) mass is 443 g/mol. The van der Waals surface area contributed by atoms with Crippen molar-refractivity contribution in [2.45, 2.75) is 0 Å². The average Bonchev–Trinajstić information content (AvgIpc) is 2.77. The maximum Gasteiger partial charge on any atom is 0.229 e. The Morgan fingerprint density at radius 3 is 2.40 bits per heavy atom. The van der Waals surface area contributed by atoms with Gasteiger partial charge in [-0.05, 0) is 30.3 Å². The maximum atomic E-state index is 6.31.